The van der Waals surface area contributed by atoms with Gasteiger partial charge in [-0.2, -0.15) is 0 Å². The smallest absolute Gasteiger partial charge is 0.317 e. The van der Waals surface area contributed by atoms with Gasteiger partial charge >= 0.3 is 6.03 Å². The number of nitrogens with zero attached hydrogens (tertiary/aromatic N) is 1. The van der Waals surface area contributed by atoms with Crippen molar-refractivity contribution in [2.24, 2.45) is 17.6 Å². The highest BCUT2D eigenvalue weighted by Crippen LogP contribution is 2.37. The summed E-state index contributed by atoms with van der Waals surface area (Å²) in [7, 11) is 0. The fourth-order valence-electron chi connectivity index (χ4n) is 3.57. The van der Waals surface area contributed by atoms with Crippen LogP contribution in [0, 0.1) is 11.8 Å². The van der Waals surface area contributed by atoms with E-state index in [1.165, 1.54) is 0 Å². The zero-order chi connectivity index (χ0) is 13.4. The third-order valence-corrected chi connectivity index (χ3v) is 5.04. The molecule has 3 rings (SSSR count). The van der Waals surface area contributed by atoms with Crippen molar-refractivity contribution in [2.75, 3.05) is 19.7 Å². The van der Waals surface area contributed by atoms with E-state index >= 15 is 0 Å². The van der Waals surface area contributed by atoms with Gasteiger partial charge in [-0.1, -0.05) is 6.92 Å². The van der Waals surface area contributed by atoms with Crippen LogP contribution in [-0.4, -0.2) is 48.8 Å². The van der Waals surface area contributed by atoms with E-state index in [0.29, 0.717) is 5.92 Å². The van der Waals surface area contributed by atoms with Crippen molar-refractivity contribution in [2.45, 2.75) is 50.8 Å². The van der Waals surface area contributed by atoms with Gasteiger partial charge in [-0.15, -0.1) is 0 Å². The summed E-state index contributed by atoms with van der Waals surface area (Å²) in [4.78, 5) is 14.2. The second-order valence-corrected chi connectivity index (χ2v) is 6.36. The van der Waals surface area contributed by atoms with Gasteiger partial charge in [-0.05, 0) is 31.6 Å². The summed E-state index contributed by atoms with van der Waals surface area (Å²) in [5.41, 5.74) is 6.16. The highest BCUT2D eigenvalue weighted by atomic mass is 16.5. The van der Waals surface area contributed by atoms with Crippen LogP contribution in [0.4, 0.5) is 4.79 Å². The van der Waals surface area contributed by atoms with Crippen molar-refractivity contribution < 1.29 is 9.53 Å². The van der Waals surface area contributed by atoms with Crippen molar-refractivity contribution in [1.82, 2.24) is 10.2 Å². The molecule has 0 aromatic rings. The summed E-state index contributed by atoms with van der Waals surface area (Å²) >= 11 is 0. The van der Waals surface area contributed by atoms with Crippen LogP contribution in [0.3, 0.4) is 0 Å². The van der Waals surface area contributed by atoms with Crippen LogP contribution in [0.2, 0.25) is 0 Å². The maximum atomic E-state index is 12.2. The van der Waals surface area contributed by atoms with Gasteiger partial charge in [0.05, 0.1) is 12.1 Å². The van der Waals surface area contributed by atoms with E-state index in [2.05, 4.69) is 12.2 Å². The van der Waals surface area contributed by atoms with Crippen LogP contribution < -0.4 is 11.1 Å². The van der Waals surface area contributed by atoms with Crippen molar-refractivity contribution in [3.63, 3.8) is 0 Å². The Balaban J connectivity index is 1.52. The van der Waals surface area contributed by atoms with Crippen molar-refractivity contribution in [3.05, 3.63) is 0 Å². The second kappa shape index (κ2) is 5.29. The summed E-state index contributed by atoms with van der Waals surface area (Å²) in [5, 5.41) is 3.09. The molecule has 2 aliphatic heterocycles. The van der Waals surface area contributed by atoms with E-state index < -0.39 is 0 Å². The molecule has 0 bridgehead atoms. The third kappa shape index (κ3) is 2.46. The summed E-state index contributed by atoms with van der Waals surface area (Å²) in [5.74, 6) is 1.18. The van der Waals surface area contributed by atoms with E-state index in [-0.39, 0.29) is 24.2 Å². The molecule has 0 spiro atoms. The average Bonchev–Trinajstić information content (AvgIpc) is 2.45. The van der Waals surface area contributed by atoms with Gasteiger partial charge < -0.3 is 20.7 Å². The van der Waals surface area contributed by atoms with Gasteiger partial charge in [0.15, 0.2) is 0 Å². The van der Waals surface area contributed by atoms with Crippen molar-refractivity contribution >= 4 is 6.03 Å². The predicted molar refractivity (Wildman–Crippen MR) is 72.7 cm³/mol. The molecule has 19 heavy (non-hydrogen) atoms. The zero-order valence-electron chi connectivity index (χ0n) is 11.7. The number of likely N-dealkylation sites (tertiary alicyclic amines) is 1. The standard InChI is InChI=1S/C14H25N3O2/c1-9-4-6-17(7-5-9)14(18)16-12-11(15)10-3-2-8-19-13(10)12/h9-13H,2-8,15H2,1H3,(H,16,18). The molecule has 5 nitrogen and oxygen atoms in total. The lowest BCUT2D eigenvalue weighted by Crippen LogP contribution is -2.73. The van der Waals surface area contributed by atoms with E-state index in [1.807, 2.05) is 4.90 Å². The summed E-state index contributed by atoms with van der Waals surface area (Å²) in [6, 6.07) is 0.120. The normalized spacial score (nSPS) is 39.4. The number of piperidine rings is 1. The minimum absolute atomic E-state index is 0.0112. The zero-order valence-corrected chi connectivity index (χ0v) is 11.7. The van der Waals surface area contributed by atoms with Crippen LogP contribution in [-0.2, 0) is 4.74 Å². The number of ether oxygens (including phenoxy) is 1. The molecular weight excluding hydrogens is 242 g/mol. The average molecular weight is 267 g/mol. The van der Waals surface area contributed by atoms with E-state index in [4.69, 9.17) is 10.5 Å². The lowest BCUT2D eigenvalue weighted by molar-refractivity contribution is -0.117. The van der Waals surface area contributed by atoms with Gasteiger partial charge in [0.2, 0.25) is 0 Å². The maximum absolute atomic E-state index is 12.2. The number of carbonyl (C=O) groups is 1. The fraction of sp³-hybridized carbons (Fsp3) is 0.929. The van der Waals surface area contributed by atoms with Crippen molar-refractivity contribution in [3.8, 4) is 0 Å². The Hall–Kier alpha value is -0.810. The molecule has 0 aromatic carbocycles. The molecule has 4 atom stereocenters. The van der Waals surface area contributed by atoms with Gasteiger partial charge in [-0.25, -0.2) is 4.79 Å². The minimum atomic E-state index is 0.0112. The molecular formula is C14H25N3O2. The van der Waals surface area contributed by atoms with Gasteiger partial charge in [-0.3, -0.25) is 0 Å². The number of hydrogen-bond donors (Lipinski definition) is 2. The predicted octanol–water partition coefficient (Wildman–Crippen LogP) is 0.933. The van der Waals surface area contributed by atoms with E-state index in [0.717, 1.165) is 51.3 Å². The van der Waals surface area contributed by atoms with E-state index in [1.54, 1.807) is 0 Å². The first kappa shape index (κ1) is 13.2. The molecule has 3 aliphatic rings. The molecule has 3 fully saturated rings. The number of carbonyl (C=O) groups excluding carboxylic acids is 1. The van der Waals surface area contributed by atoms with E-state index in [9.17, 15) is 4.79 Å². The van der Waals surface area contributed by atoms with Crippen LogP contribution in [0.25, 0.3) is 0 Å². The lowest BCUT2D eigenvalue weighted by atomic mass is 9.69. The molecule has 2 saturated heterocycles. The number of urea groups is 1. The molecule has 1 saturated carbocycles. The molecule has 0 aromatic heterocycles. The Kier molecular flexibility index (Phi) is 3.67. The van der Waals surface area contributed by atoms with Crippen LogP contribution in [0.1, 0.15) is 32.6 Å². The number of amides is 2. The Morgan fingerprint density at radius 1 is 1.32 bits per heavy atom. The molecule has 2 amide bonds. The number of nitrogens with one attached hydrogen (secondary N) is 1. The fourth-order valence-corrected chi connectivity index (χ4v) is 3.57. The minimum Gasteiger partial charge on any atom is -0.376 e. The summed E-state index contributed by atoms with van der Waals surface area (Å²) < 4.78 is 5.75. The number of nitrogens with two attached hydrogens (primary N) is 1. The first-order chi connectivity index (χ1) is 9.16. The Labute approximate surface area is 114 Å². The number of hydrogen-bond acceptors (Lipinski definition) is 3. The monoisotopic (exact) mass is 267 g/mol. The number of rotatable bonds is 1. The van der Waals surface area contributed by atoms with Gasteiger partial charge in [0.25, 0.3) is 0 Å². The van der Waals surface area contributed by atoms with Crippen LogP contribution in [0.15, 0.2) is 0 Å². The SMILES string of the molecule is CC1CCN(C(=O)NC2C(N)C3CCCOC32)CC1. The summed E-state index contributed by atoms with van der Waals surface area (Å²) in [6.07, 6.45) is 4.59. The topological polar surface area (TPSA) is 67.6 Å². The molecule has 2 heterocycles. The second-order valence-electron chi connectivity index (χ2n) is 6.36. The third-order valence-electron chi connectivity index (χ3n) is 5.04. The molecule has 5 heteroatoms. The Morgan fingerprint density at radius 2 is 2.05 bits per heavy atom. The molecule has 3 N–H and O–H groups in total. The molecule has 1 aliphatic carbocycles. The van der Waals surface area contributed by atoms with Crippen molar-refractivity contribution in [1.29, 1.82) is 0 Å². The lowest BCUT2D eigenvalue weighted by Gasteiger charge is -2.52. The first-order valence-electron chi connectivity index (χ1n) is 7.59. The van der Waals surface area contributed by atoms with Crippen LogP contribution in [0.5, 0.6) is 0 Å². The highest BCUT2D eigenvalue weighted by molar-refractivity contribution is 5.75. The highest BCUT2D eigenvalue weighted by Gasteiger charge is 2.51. The van der Waals surface area contributed by atoms with Gasteiger partial charge in [0.1, 0.15) is 0 Å². The first-order valence-corrected chi connectivity index (χ1v) is 7.59. The van der Waals surface area contributed by atoms with Crippen LogP contribution >= 0.6 is 0 Å². The Morgan fingerprint density at radius 3 is 2.79 bits per heavy atom. The number of fused-ring (bicyclic) bond motifs is 1. The molecule has 0 radical (unpaired) electrons. The quantitative estimate of drug-likeness (QED) is 0.743. The largest absolute Gasteiger partial charge is 0.376 e. The maximum Gasteiger partial charge on any atom is 0.317 e. The Bertz CT molecular complexity index is 342. The molecule has 4 unspecified atom stereocenters. The summed E-state index contributed by atoms with van der Waals surface area (Å²) in [6.45, 7) is 4.78. The molecule has 108 valence electrons. The van der Waals surface area contributed by atoms with Gasteiger partial charge in [0, 0.05) is 31.7 Å².